The van der Waals surface area contributed by atoms with Gasteiger partial charge in [-0.25, -0.2) is 8.78 Å². The van der Waals surface area contributed by atoms with Gasteiger partial charge in [-0.3, -0.25) is 0 Å². The average Bonchev–Trinajstić information content (AvgIpc) is 2.39. The molecule has 1 aromatic rings. The molecule has 1 nitrogen and oxygen atoms in total. The van der Waals surface area contributed by atoms with Gasteiger partial charge in [0.2, 0.25) is 0 Å². The van der Waals surface area contributed by atoms with E-state index in [1.807, 2.05) is 6.92 Å². The lowest BCUT2D eigenvalue weighted by atomic mass is 9.94. The summed E-state index contributed by atoms with van der Waals surface area (Å²) in [6, 6.07) is 6.71. The molecule has 0 aromatic heterocycles. The van der Waals surface area contributed by atoms with Crippen LogP contribution in [0.4, 0.5) is 8.78 Å². The first-order valence-corrected chi connectivity index (χ1v) is 6.82. The standard InChI is InChI=1S/C15H21F2N/c1-2-12-6-8-13(9-7-12)15(16,17)11-14-5-3-4-10-18-14/h6-9,14,18H,2-5,10-11H2,1H3. The van der Waals surface area contributed by atoms with Crippen molar-refractivity contribution in [1.29, 1.82) is 0 Å². The largest absolute Gasteiger partial charge is 0.314 e. The second kappa shape index (κ2) is 5.79. The molecule has 0 saturated carbocycles. The molecule has 0 bridgehead atoms. The monoisotopic (exact) mass is 253 g/mol. The summed E-state index contributed by atoms with van der Waals surface area (Å²) in [5, 5.41) is 3.19. The van der Waals surface area contributed by atoms with Crippen molar-refractivity contribution < 1.29 is 8.78 Å². The Morgan fingerprint density at radius 1 is 1.22 bits per heavy atom. The van der Waals surface area contributed by atoms with Crippen LogP contribution in [-0.4, -0.2) is 12.6 Å². The summed E-state index contributed by atoms with van der Waals surface area (Å²) in [7, 11) is 0. The molecule has 2 rings (SSSR count). The zero-order valence-corrected chi connectivity index (χ0v) is 10.9. The smallest absolute Gasteiger partial charge is 0.274 e. The third kappa shape index (κ3) is 3.29. The molecule has 1 fully saturated rings. The minimum atomic E-state index is -2.72. The van der Waals surface area contributed by atoms with Crippen molar-refractivity contribution in [1.82, 2.24) is 5.32 Å². The minimum absolute atomic E-state index is 0.0420. The maximum Gasteiger partial charge on any atom is 0.274 e. The number of nitrogens with one attached hydrogen (secondary N) is 1. The van der Waals surface area contributed by atoms with E-state index >= 15 is 0 Å². The zero-order valence-electron chi connectivity index (χ0n) is 10.9. The summed E-state index contributed by atoms with van der Waals surface area (Å²) in [5.74, 6) is -2.72. The Kier molecular flexibility index (Phi) is 4.33. The van der Waals surface area contributed by atoms with Crippen molar-refractivity contribution in [2.24, 2.45) is 0 Å². The van der Waals surface area contributed by atoms with Crippen molar-refractivity contribution in [3.05, 3.63) is 35.4 Å². The average molecular weight is 253 g/mol. The molecular formula is C15H21F2N. The predicted octanol–water partition coefficient (Wildman–Crippen LogP) is 3.87. The first-order chi connectivity index (χ1) is 8.62. The fourth-order valence-electron chi connectivity index (χ4n) is 2.51. The Morgan fingerprint density at radius 2 is 1.94 bits per heavy atom. The second-order valence-electron chi connectivity index (χ2n) is 5.11. The van der Waals surface area contributed by atoms with E-state index < -0.39 is 5.92 Å². The van der Waals surface area contributed by atoms with Gasteiger partial charge in [-0.05, 0) is 31.4 Å². The molecule has 0 spiro atoms. The van der Waals surface area contributed by atoms with E-state index in [2.05, 4.69) is 5.32 Å². The van der Waals surface area contributed by atoms with Gasteiger partial charge < -0.3 is 5.32 Å². The highest BCUT2D eigenvalue weighted by Gasteiger charge is 2.34. The molecule has 1 unspecified atom stereocenters. The lowest BCUT2D eigenvalue weighted by Crippen LogP contribution is -2.37. The molecule has 0 radical (unpaired) electrons. The number of benzene rings is 1. The van der Waals surface area contributed by atoms with E-state index in [1.165, 1.54) is 0 Å². The zero-order chi connectivity index (χ0) is 13.0. The third-order valence-corrected chi connectivity index (χ3v) is 3.70. The van der Waals surface area contributed by atoms with Gasteiger partial charge in [-0.1, -0.05) is 37.6 Å². The number of rotatable bonds is 4. The molecule has 3 heteroatoms. The van der Waals surface area contributed by atoms with Crippen LogP contribution in [0.1, 0.15) is 43.7 Å². The van der Waals surface area contributed by atoms with Gasteiger partial charge >= 0.3 is 0 Å². The van der Waals surface area contributed by atoms with Crippen molar-refractivity contribution in [3.63, 3.8) is 0 Å². The quantitative estimate of drug-likeness (QED) is 0.858. The molecule has 1 atom stereocenters. The molecule has 1 aliphatic rings. The van der Waals surface area contributed by atoms with E-state index in [-0.39, 0.29) is 18.0 Å². The number of alkyl halides is 2. The lowest BCUT2D eigenvalue weighted by molar-refractivity contribution is -0.0253. The SMILES string of the molecule is CCc1ccc(C(F)(F)CC2CCCCN2)cc1. The molecule has 0 aliphatic carbocycles. The van der Waals surface area contributed by atoms with Crippen molar-refractivity contribution in [2.75, 3.05) is 6.54 Å². The van der Waals surface area contributed by atoms with Crippen LogP contribution >= 0.6 is 0 Å². The number of hydrogen-bond acceptors (Lipinski definition) is 1. The molecule has 1 heterocycles. The maximum atomic E-state index is 14.1. The third-order valence-electron chi connectivity index (χ3n) is 3.70. The van der Waals surface area contributed by atoms with E-state index in [9.17, 15) is 8.78 Å². The summed E-state index contributed by atoms with van der Waals surface area (Å²) >= 11 is 0. The topological polar surface area (TPSA) is 12.0 Å². The number of hydrogen-bond donors (Lipinski definition) is 1. The Bertz CT molecular complexity index is 367. The van der Waals surface area contributed by atoms with Crippen LogP contribution in [0.2, 0.25) is 0 Å². The maximum absolute atomic E-state index is 14.1. The molecule has 1 saturated heterocycles. The summed E-state index contributed by atoms with van der Waals surface area (Å²) < 4.78 is 28.3. The highest BCUT2D eigenvalue weighted by Crippen LogP contribution is 2.34. The van der Waals surface area contributed by atoms with Gasteiger partial charge in [-0.2, -0.15) is 0 Å². The summed E-state index contributed by atoms with van der Waals surface area (Å²) in [5.41, 5.74) is 1.25. The van der Waals surface area contributed by atoms with Crippen molar-refractivity contribution in [2.45, 2.75) is 51.0 Å². The van der Waals surface area contributed by atoms with Crippen LogP contribution in [0.25, 0.3) is 0 Å². The van der Waals surface area contributed by atoms with Gasteiger partial charge in [0, 0.05) is 18.0 Å². The molecule has 1 N–H and O–H groups in total. The summed E-state index contributed by atoms with van der Waals surface area (Å²) in [6.07, 6.45) is 3.83. The van der Waals surface area contributed by atoms with E-state index in [0.29, 0.717) is 0 Å². The normalized spacial score (nSPS) is 20.9. The predicted molar refractivity (Wildman–Crippen MR) is 70.0 cm³/mol. The molecule has 18 heavy (non-hydrogen) atoms. The van der Waals surface area contributed by atoms with Gasteiger partial charge in [0.15, 0.2) is 0 Å². The van der Waals surface area contributed by atoms with E-state index in [4.69, 9.17) is 0 Å². The van der Waals surface area contributed by atoms with Crippen LogP contribution in [0.5, 0.6) is 0 Å². The Hall–Kier alpha value is -0.960. The first-order valence-electron chi connectivity index (χ1n) is 6.82. The van der Waals surface area contributed by atoms with Crippen LogP contribution in [0, 0.1) is 0 Å². The summed E-state index contributed by atoms with van der Waals surface area (Å²) in [4.78, 5) is 0. The Balaban J connectivity index is 2.03. The fraction of sp³-hybridized carbons (Fsp3) is 0.600. The van der Waals surface area contributed by atoms with Gasteiger partial charge in [0.25, 0.3) is 5.92 Å². The Labute approximate surface area is 108 Å². The van der Waals surface area contributed by atoms with Crippen LogP contribution < -0.4 is 5.32 Å². The van der Waals surface area contributed by atoms with Gasteiger partial charge in [0.1, 0.15) is 0 Å². The highest BCUT2D eigenvalue weighted by molar-refractivity contribution is 5.26. The van der Waals surface area contributed by atoms with E-state index in [0.717, 1.165) is 37.8 Å². The van der Waals surface area contributed by atoms with E-state index in [1.54, 1.807) is 24.3 Å². The molecule has 1 aliphatic heterocycles. The minimum Gasteiger partial charge on any atom is -0.314 e. The summed E-state index contributed by atoms with van der Waals surface area (Å²) in [6.45, 7) is 2.90. The lowest BCUT2D eigenvalue weighted by Gasteiger charge is -2.27. The second-order valence-corrected chi connectivity index (χ2v) is 5.11. The highest BCUT2D eigenvalue weighted by atomic mass is 19.3. The van der Waals surface area contributed by atoms with Crippen LogP contribution in [0.3, 0.4) is 0 Å². The number of aryl methyl sites for hydroxylation is 1. The van der Waals surface area contributed by atoms with Crippen molar-refractivity contribution >= 4 is 0 Å². The van der Waals surface area contributed by atoms with Gasteiger partial charge in [-0.15, -0.1) is 0 Å². The fourth-order valence-corrected chi connectivity index (χ4v) is 2.51. The molecular weight excluding hydrogens is 232 g/mol. The Morgan fingerprint density at radius 3 is 2.50 bits per heavy atom. The van der Waals surface area contributed by atoms with Crippen molar-refractivity contribution in [3.8, 4) is 0 Å². The number of halogens is 2. The van der Waals surface area contributed by atoms with Gasteiger partial charge in [0.05, 0.1) is 0 Å². The molecule has 100 valence electrons. The number of piperidine rings is 1. The first kappa shape index (κ1) is 13.5. The van der Waals surface area contributed by atoms with Crippen LogP contribution in [-0.2, 0) is 12.3 Å². The molecule has 1 aromatic carbocycles. The van der Waals surface area contributed by atoms with Crippen LogP contribution in [0.15, 0.2) is 24.3 Å². The molecule has 0 amide bonds.